The van der Waals surface area contributed by atoms with Crippen molar-refractivity contribution in [1.29, 1.82) is 0 Å². The molecule has 5 radical (unpaired) electrons. The van der Waals surface area contributed by atoms with Crippen LogP contribution in [0.5, 0.6) is 5.75 Å². The van der Waals surface area contributed by atoms with Crippen molar-refractivity contribution in [3.8, 4) is 16.9 Å². The molecule has 1 aliphatic rings. The van der Waals surface area contributed by atoms with Gasteiger partial charge >= 0.3 is 35.6 Å². The number of hydrogen-bond donors (Lipinski definition) is 1. The number of hydrogen-bond acceptors (Lipinski definition) is 1. The van der Waals surface area contributed by atoms with Gasteiger partial charge in [0, 0.05) is 17.0 Å². The average Bonchev–Trinajstić information content (AvgIpc) is 2.80. The van der Waals surface area contributed by atoms with Gasteiger partial charge in [-0.2, -0.15) is 0 Å². The summed E-state index contributed by atoms with van der Waals surface area (Å²) in [7, 11) is 9.78. The van der Waals surface area contributed by atoms with E-state index < -0.39 is 17.0 Å². The fourth-order valence-corrected chi connectivity index (χ4v) is 3.22. The van der Waals surface area contributed by atoms with E-state index in [-0.39, 0.29) is 0 Å². The Morgan fingerprint density at radius 1 is 0.680 bits per heavy atom. The van der Waals surface area contributed by atoms with Crippen LogP contribution in [0, 0.1) is 29.6 Å². The molecular formula is C21H21Cl2OTi. The molecule has 2 aromatic carbocycles. The SMILES string of the molecule is C[C]1[C](C)[C](C)[C](c2cccc(-c3ccccc3)c2O)[C]1C.[Cl][Ti][Cl]. The Kier molecular flexibility index (Phi) is 7.89. The summed E-state index contributed by atoms with van der Waals surface area (Å²) in [6, 6.07) is 16.0. The van der Waals surface area contributed by atoms with Gasteiger partial charge in [0.1, 0.15) is 5.75 Å². The minimum absolute atomic E-state index is 0.366. The Morgan fingerprint density at radius 2 is 1.16 bits per heavy atom. The third-order valence-electron chi connectivity index (χ3n) is 4.83. The molecule has 4 heteroatoms. The molecule has 0 amide bonds. The van der Waals surface area contributed by atoms with E-state index in [1.165, 1.54) is 29.6 Å². The van der Waals surface area contributed by atoms with Crippen molar-refractivity contribution in [2.75, 3.05) is 0 Å². The molecule has 2 aromatic rings. The van der Waals surface area contributed by atoms with Crippen LogP contribution in [0.15, 0.2) is 48.5 Å². The zero-order valence-corrected chi connectivity index (χ0v) is 17.9. The molecule has 1 saturated carbocycles. The molecule has 1 aliphatic carbocycles. The predicted molar refractivity (Wildman–Crippen MR) is 103 cm³/mol. The van der Waals surface area contributed by atoms with Crippen molar-refractivity contribution < 1.29 is 22.1 Å². The van der Waals surface area contributed by atoms with Gasteiger partial charge in [0.25, 0.3) is 0 Å². The second-order valence-corrected chi connectivity index (χ2v) is 8.59. The van der Waals surface area contributed by atoms with Gasteiger partial charge in [-0.1, -0.05) is 76.2 Å². The zero-order chi connectivity index (χ0) is 18.6. The summed E-state index contributed by atoms with van der Waals surface area (Å²) in [4.78, 5) is 0. The molecule has 0 aliphatic heterocycles. The van der Waals surface area contributed by atoms with E-state index in [1.54, 1.807) is 0 Å². The van der Waals surface area contributed by atoms with E-state index in [0.717, 1.165) is 16.7 Å². The summed E-state index contributed by atoms with van der Waals surface area (Å²) in [5.41, 5.74) is 2.85. The summed E-state index contributed by atoms with van der Waals surface area (Å²) >= 11 is -0.556. The van der Waals surface area contributed by atoms with Crippen molar-refractivity contribution in [1.82, 2.24) is 0 Å². The Morgan fingerprint density at radius 3 is 1.68 bits per heavy atom. The number of phenols is 1. The van der Waals surface area contributed by atoms with Crippen LogP contribution in [-0.2, 0) is 17.0 Å². The number of halogens is 2. The molecule has 0 atom stereocenters. The van der Waals surface area contributed by atoms with Crippen LogP contribution >= 0.6 is 18.6 Å². The first-order valence-electron chi connectivity index (χ1n) is 8.01. The van der Waals surface area contributed by atoms with E-state index in [9.17, 15) is 5.11 Å². The Labute approximate surface area is 168 Å². The van der Waals surface area contributed by atoms with E-state index in [2.05, 4.69) is 27.7 Å². The van der Waals surface area contributed by atoms with Gasteiger partial charge in [-0.05, 0) is 29.2 Å². The number of aromatic hydroxyl groups is 1. The molecule has 0 spiro atoms. The van der Waals surface area contributed by atoms with Crippen molar-refractivity contribution >= 4 is 18.6 Å². The van der Waals surface area contributed by atoms with E-state index in [1.807, 2.05) is 48.5 Å². The standard InChI is InChI=1S/C21H21O.2ClH.Ti/c1-13-14(2)16(4)20(15(13)3)19-12-8-11-18(21(19)22)17-9-6-5-7-10-17;;;/h5-12,22H,1-4H3;2*1H;/q;;;+2/p-2. The van der Waals surface area contributed by atoms with E-state index in [0.29, 0.717) is 5.75 Å². The van der Waals surface area contributed by atoms with Gasteiger partial charge in [-0.15, -0.1) is 0 Å². The van der Waals surface area contributed by atoms with Gasteiger partial charge in [0.2, 0.25) is 0 Å². The van der Waals surface area contributed by atoms with Gasteiger partial charge in [-0.3, -0.25) is 0 Å². The molecule has 0 saturated heterocycles. The van der Waals surface area contributed by atoms with Crippen LogP contribution in [0.25, 0.3) is 11.1 Å². The van der Waals surface area contributed by atoms with Crippen LogP contribution in [0.2, 0.25) is 0 Å². The first kappa shape index (κ1) is 20.8. The van der Waals surface area contributed by atoms with Crippen LogP contribution in [0.4, 0.5) is 0 Å². The number of para-hydroxylation sites is 1. The molecular weight excluding hydrogens is 387 g/mol. The van der Waals surface area contributed by atoms with Gasteiger partial charge in [0.05, 0.1) is 0 Å². The maximum atomic E-state index is 10.8. The van der Waals surface area contributed by atoms with Crippen molar-refractivity contribution in [3.05, 3.63) is 83.7 Å². The second kappa shape index (κ2) is 9.46. The van der Waals surface area contributed by atoms with Crippen LogP contribution in [0.1, 0.15) is 33.3 Å². The fraction of sp³-hybridized carbons (Fsp3) is 0.190. The fourth-order valence-electron chi connectivity index (χ4n) is 3.22. The molecule has 0 unspecified atom stereocenters. The first-order chi connectivity index (χ1) is 11.9. The van der Waals surface area contributed by atoms with Crippen molar-refractivity contribution in [2.45, 2.75) is 27.7 Å². The van der Waals surface area contributed by atoms with Crippen LogP contribution in [0.3, 0.4) is 0 Å². The third kappa shape index (κ3) is 4.45. The van der Waals surface area contributed by atoms with E-state index in [4.69, 9.17) is 18.6 Å². The summed E-state index contributed by atoms with van der Waals surface area (Å²) in [6.07, 6.45) is 0. The van der Waals surface area contributed by atoms with Crippen LogP contribution in [-0.4, -0.2) is 5.11 Å². The molecule has 3 rings (SSSR count). The quantitative estimate of drug-likeness (QED) is 0.545. The van der Waals surface area contributed by atoms with Gasteiger partial charge in [0.15, 0.2) is 0 Å². The van der Waals surface area contributed by atoms with E-state index >= 15 is 0 Å². The van der Waals surface area contributed by atoms with Gasteiger partial charge in [-0.25, -0.2) is 0 Å². The van der Waals surface area contributed by atoms with Crippen molar-refractivity contribution in [2.24, 2.45) is 0 Å². The number of benzene rings is 2. The molecule has 129 valence electrons. The molecule has 0 heterocycles. The zero-order valence-electron chi connectivity index (χ0n) is 14.8. The molecule has 0 bridgehead atoms. The first-order valence-corrected chi connectivity index (χ1v) is 12.3. The summed E-state index contributed by atoms with van der Waals surface area (Å²) < 4.78 is 0. The number of rotatable bonds is 2. The average molecular weight is 408 g/mol. The topological polar surface area (TPSA) is 20.2 Å². The summed E-state index contributed by atoms with van der Waals surface area (Å²) in [6.45, 7) is 8.58. The minimum atomic E-state index is -0.556. The molecule has 1 fully saturated rings. The Bertz CT molecular complexity index is 663. The Balaban J connectivity index is 0.000000701. The van der Waals surface area contributed by atoms with Gasteiger partial charge < -0.3 is 5.11 Å². The molecule has 1 nitrogen and oxygen atoms in total. The second-order valence-electron chi connectivity index (χ2n) is 6.01. The monoisotopic (exact) mass is 407 g/mol. The molecule has 1 N–H and O–H groups in total. The predicted octanol–water partition coefficient (Wildman–Crippen LogP) is 6.75. The normalized spacial score (nSPS) is 17.4. The summed E-state index contributed by atoms with van der Waals surface area (Å²) in [5.74, 6) is 6.69. The maximum absolute atomic E-state index is 10.8. The van der Waals surface area contributed by atoms with Crippen LogP contribution < -0.4 is 0 Å². The molecule has 0 aromatic heterocycles. The third-order valence-corrected chi connectivity index (χ3v) is 4.83. The van der Waals surface area contributed by atoms with Crippen molar-refractivity contribution in [3.63, 3.8) is 0 Å². The number of phenolic OH excluding ortho intramolecular Hbond substituents is 1. The Hall–Kier alpha value is -0.466. The summed E-state index contributed by atoms with van der Waals surface area (Å²) in [5, 5.41) is 10.8. The molecule has 25 heavy (non-hydrogen) atoms.